The van der Waals surface area contributed by atoms with Crippen LogP contribution in [0.1, 0.15) is 82.3 Å². The van der Waals surface area contributed by atoms with E-state index in [4.69, 9.17) is 31.5 Å². The fourth-order valence-electron chi connectivity index (χ4n) is 5.51. The summed E-state index contributed by atoms with van der Waals surface area (Å²) in [6, 6.07) is 13.5. The summed E-state index contributed by atoms with van der Waals surface area (Å²) in [5.41, 5.74) is 5.73. The highest BCUT2D eigenvalue weighted by Gasteiger charge is 2.43. The van der Waals surface area contributed by atoms with Gasteiger partial charge in [0.1, 0.15) is 24.3 Å². The molecule has 0 aliphatic heterocycles. The Morgan fingerprint density at radius 1 is 0.979 bits per heavy atom. The molecule has 12 nitrogen and oxygen atoms in total. The van der Waals surface area contributed by atoms with Crippen molar-refractivity contribution in [1.82, 2.24) is 16.0 Å². The van der Waals surface area contributed by atoms with E-state index in [9.17, 15) is 24.0 Å². The van der Waals surface area contributed by atoms with Crippen LogP contribution in [-0.2, 0) is 45.5 Å². The second-order valence-electron chi connectivity index (χ2n) is 11.9. The molecule has 3 rings (SSSR count). The number of esters is 2. The number of unbranched alkanes of at least 4 members (excludes halogenated alkanes) is 1. The standard InChI is InChI=1S/C35H47ClN4O8/c1-24(32(43)46-2)39-33(44)35(26-14-5-3-6-15-26,21-11-12-22-38-34(45)47-23-25-13-9-10-18-28(25)36)40-31(42)29(37)19-20-30(41)48-27-16-7-4-8-17-27/h3,5-6,9-10,13-15,18,24,27,29H,4,7-8,11-12,16-17,19-23,37H2,1-2H3,(H,38,45)(H,39,44)(H,40,42)/t24-,29-,35-/m0/s1. The number of halogens is 1. The topological polar surface area (TPSA) is 175 Å². The van der Waals surface area contributed by atoms with E-state index in [0.29, 0.717) is 29.0 Å². The molecule has 1 aliphatic carbocycles. The number of nitrogens with one attached hydrogen (secondary N) is 3. The Morgan fingerprint density at radius 3 is 2.35 bits per heavy atom. The Morgan fingerprint density at radius 2 is 1.67 bits per heavy atom. The summed E-state index contributed by atoms with van der Waals surface area (Å²) in [4.78, 5) is 64.6. The molecule has 1 saturated carbocycles. The second kappa shape index (κ2) is 19.6. The Bertz CT molecular complexity index is 1370. The van der Waals surface area contributed by atoms with E-state index in [1.54, 1.807) is 54.6 Å². The van der Waals surface area contributed by atoms with E-state index in [2.05, 4.69) is 16.0 Å². The van der Waals surface area contributed by atoms with Crippen LogP contribution in [0.15, 0.2) is 54.6 Å². The van der Waals surface area contributed by atoms with E-state index in [-0.39, 0.29) is 38.5 Å². The van der Waals surface area contributed by atoms with Crippen LogP contribution in [0.25, 0.3) is 0 Å². The first kappa shape index (κ1) is 38.3. The minimum Gasteiger partial charge on any atom is -0.467 e. The average Bonchev–Trinajstić information content (AvgIpc) is 3.09. The molecule has 1 fully saturated rings. The van der Waals surface area contributed by atoms with Crippen LogP contribution in [0, 0.1) is 0 Å². The first-order valence-electron chi connectivity index (χ1n) is 16.4. The fourth-order valence-corrected chi connectivity index (χ4v) is 5.70. The van der Waals surface area contributed by atoms with Crippen molar-refractivity contribution in [3.05, 3.63) is 70.7 Å². The molecule has 0 radical (unpaired) electrons. The summed E-state index contributed by atoms with van der Waals surface area (Å²) >= 11 is 6.12. The molecule has 2 aromatic rings. The highest BCUT2D eigenvalue weighted by molar-refractivity contribution is 6.31. The van der Waals surface area contributed by atoms with E-state index >= 15 is 0 Å². The third-order valence-corrected chi connectivity index (χ3v) is 8.67. The van der Waals surface area contributed by atoms with Gasteiger partial charge in [-0.25, -0.2) is 9.59 Å². The van der Waals surface area contributed by atoms with Gasteiger partial charge in [-0.1, -0.05) is 66.6 Å². The molecule has 0 heterocycles. The molecule has 0 bridgehead atoms. The maximum atomic E-state index is 14.0. The van der Waals surface area contributed by atoms with Gasteiger partial charge in [0, 0.05) is 23.6 Å². The summed E-state index contributed by atoms with van der Waals surface area (Å²) in [6.45, 7) is 1.71. The molecule has 0 saturated heterocycles. The van der Waals surface area contributed by atoms with E-state index in [1.165, 1.54) is 14.0 Å². The van der Waals surface area contributed by atoms with Crippen molar-refractivity contribution in [1.29, 1.82) is 0 Å². The maximum Gasteiger partial charge on any atom is 0.407 e. The molecule has 13 heteroatoms. The van der Waals surface area contributed by atoms with E-state index < -0.39 is 47.5 Å². The molecule has 0 spiro atoms. The Hall–Kier alpha value is -4.16. The lowest BCUT2D eigenvalue weighted by molar-refractivity contribution is -0.150. The molecule has 3 amide bonds. The number of alkyl carbamates (subject to hydrolysis) is 1. The van der Waals surface area contributed by atoms with Crippen molar-refractivity contribution < 1.29 is 38.2 Å². The van der Waals surface area contributed by atoms with Crippen molar-refractivity contribution >= 4 is 41.4 Å². The van der Waals surface area contributed by atoms with Gasteiger partial charge in [0.2, 0.25) is 5.91 Å². The molecular weight excluding hydrogens is 640 g/mol. The van der Waals surface area contributed by atoms with Gasteiger partial charge >= 0.3 is 18.0 Å². The highest BCUT2D eigenvalue weighted by atomic mass is 35.5. The lowest BCUT2D eigenvalue weighted by Crippen LogP contribution is -2.61. The van der Waals surface area contributed by atoms with Crippen LogP contribution in [0.5, 0.6) is 0 Å². The van der Waals surface area contributed by atoms with E-state index in [1.807, 2.05) is 0 Å². The van der Waals surface area contributed by atoms with Crippen LogP contribution in [0.2, 0.25) is 5.02 Å². The third kappa shape index (κ3) is 11.8. The number of carbonyl (C=O) groups excluding carboxylic acids is 5. The number of hydrogen-bond acceptors (Lipinski definition) is 9. The molecule has 1 aliphatic rings. The Kier molecular flexibility index (Phi) is 15.6. The zero-order valence-electron chi connectivity index (χ0n) is 27.6. The number of amides is 3. The molecule has 5 N–H and O–H groups in total. The van der Waals surface area contributed by atoms with E-state index in [0.717, 1.165) is 32.1 Å². The fraction of sp³-hybridized carbons (Fsp3) is 0.514. The average molecular weight is 687 g/mol. The Labute approximate surface area is 286 Å². The number of hydrogen-bond donors (Lipinski definition) is 4. The van der Waals surface area contributed by atoms with Crippen molar-refractivity contribution in [2.75, 3.05) is 13.7 Å². The van der Waals surface area contributed by atoms with Gasteiger partial charge in [-0.05, 0) is 69.9 Å². The monoisotopic (exact) mass is 686 g/mol. The molecular formula is C35H47ClN4O8. The van der Waals surface area contributed by atoms with Crippen LogP contribution < -0.4 is 21.7 Å². The largest absolute Gasteiger partial charge is 0.467 e. The Balaban J connectivity index is 1.68. The number of nitrogens with two attached hydrogens (primary N) is 1. The zero-order chi connectivity index (χ0) is 34.9. The van der Waals surface area contributed by atoms with Crippen molar-refractivity contribution in [3.63, 3.8) is 0 Å². The number of ether oxygens (including phenoxy) is 3. The summed E-state index contributed by atoms with van der Waals surface area (Å²) < 4.78 is 15.6. The number of benzene rings is 2. The summed E-state index contributed by atoms with van der Waals surface area (Å²) in [5, 5.41) is 8.68. The summed E-state index contributed by atoms with van der Waals surface area (Å²) in [7, 11) is 1.21. The SMILES string of the molecule is COC(=O)[C@H](C)NC(=O)[C@@](CCCCNC(=O)OCc1ccccc1Cl)(NC(=O)[C@@H](N)CCC(=O)OC1CCCCC1)c1ccccc1. The molecule has 0 unspecified atom stereocenters. The molecule has 48 heavy (non-hydrogen) atoms. The predicted molar refractivity (Wildman–Crippen MR) is 180 cm³/mol. The normalized spacial score (nSPS) is 15.6. The van der Waals surface area contributed by atoms with Gasteiger partial charge in [-0.2, -0.15) is 0 Å². The molecule has 2 aromatic carbocycles. The van der Waals surface area contributed by atoms with Gasteiger partial charge in [0.15, 0.2) is 0 Å². The number of rotatable bonds is 17. The minimum absolute atomic E-state index is 0.00572. The smallest absolute Gasteiger partial charge is 0.407 e. The zero-order valence-corrected chi connectivity index (χ0v) is 28.4. The lowest BCUT2D eigenvalue weighted by atomic mass is 9.83. The number of methoxy groups -OCH3 is 1. The van der Waals surface area contributed by atoms with Crippen LogP contribution in [0.3, 0.4) is 0 Å². The second-order valence-corrected chi connectivity index (χ2v) is 12.3. The van der Waals surface area contributed by atoms with Crippen molar-refractivity contribution in [2.24, 2.45) is 5.73 Å². The third-order valence-electron chi connectivity index (χ3n) is 8.30. The van der Waals surface area contributed by atoms with Crippen LogP contribution in [-0.4, -0.2) is 61.7 Å². The quantitative estimate of drug-likeness (QED) is 0.107. The minimum atomic E-state index is -1.65. The van der Waals surface area contributed by atoms with Gasteiger partial charge in [0.25, 0.3) is 5.91 Å². The van der Waals surface area contributed by atoms with Crippen LogP contribution >= 0.6 is 11.6 Å². The van der Waals surface area contributed by atoms with Gasteiger partial charge in [0.05, 0.1) is 13.2 Å². The molecule has 0 aromatic heterocycles. The lowest BCUT2D eigenvalue weighted by Gasteiger charge is -2.36. The predicted octanol–water partition coefficient (Wildman–Crippen LogP) is 4.41. The van der Waals surface area contributed by atoms with Crippen molar-refractivity contribution in [3.8, 4) is 0 Å². The van der Waals surface area contributed by atoms with Crippen LogP contribution in [0.4, 0.5) is 4.79 Å². The summed E-state index contributed by atoms with van der Waals surface area (Å²) in [5.74, 6) is -2.37. The first-order valence-corrected chi connectivity index (χ1v) is 16.8. The molecule has 3 atom stereocenters. The van der Waals surface area contributed by atoms with Gasteiger partial charge in [-0.3, -0.25) is 14.4 Å². The number of carbonyl (C=O) groups is 5. The maximum absolute atomic E-state index is 14.0. The first-order chi connectivity index (χ1) is 23.1. The summed E-state index contributed by atoms with van der Waals surface area (Å²) in [6.07, 6.45) is 4.92. The van der Waals surface area contributed by atoms with Crippen molar-refractivity contribution in [2.45, 2.75) is 101 Å². The van der Waals surface area contributed by atoms with Gasteiger partial charge in [-0.15, -0.1) is 0 Å². The molecule has 262 valence electrons. The highest BCUT2D eigenvalue weighted by Crippen LogP contribution is 2.29. The van der Waals surface area contributed by atoms with Gasteiger partial charge < -0.3 is 35.9 Å².